The molecule has 1 aromatic carbocycles. The zero-order chi connectivity index (χ0) is 13.0. The molecule has 0 spiro atoms. The molecule has 0 heterocycles. The molecule has 0 unspecified atom stereocenters. The number of amides is 1. The number of nitrogens with one attached hydrogen (secondary N) is 1. The maximum absolute atomic E-state index is 12.2. The molecular weight excluding hydrogens is 250 g/mol. The van der Waals surface area contributed by atoms with Crippen molar-refractivity contribution in [3.8, 4) is 0 Å². The Balaban J connectivity index is 1.94. The fourth-order valence-corrected chi connectivity index (χ4v) is 2.27. The van der Waals surface area contributed by atoms with Crippen molar-refractivity contribution in [1.82, 2.24) is 5.32 Å². The average Bonchev–Trinajstić information content (AvgIpc) is 3.17. The molecule has 1 saturated carbocycles. The van der Waals surface area contributed by atoms with Crippen molar-refractivity contribution in [1.29, 1.82) is 0 Å². The standard InChI is InChI=1S/C14H18ClNO2/c15-12-5-3-11(4-6-12)14(7-8-14)13(18)16-9-1-2-10-17/h3-6,17H,1-2,7-10H2,(H,16,18). The Labute approximate surface area is 112 Å². The molecule has 0 saturated heterocycles. The fraction of sp³-hybridized carbons (Fsp3) is 0.500. The van der Waals surface area contributed by atoms with Crippen LogP contribution in [0.5, 0.6) is 0 Å². The Morgan fingerprint density at radius 2 is 1.94 bits per heavy atom. The summed E-state index contributed by atoms with van der Waals surface area (Å²) in [6, 6.07) is 7.53. The van der Waals surface area contributed by atoms with Gasteiger partial charge in [0.05, 0.1) is 5.41 Å². The second-order valence-electron chi connectivity index (χ2n) is 4.78. The summed E-state index contributed by atoms with van der Waals surface area (Å²) < 4.78 is 0. The molecule has 18 heavy (non-hydrogen) atoms. The molecule has 1 aromatic rings. The minimum absolute atomic E-state index is 0.0998. The van der Waals surface area contributed by atoms with Crippen LogP contribution >= 0.6 is 11.6 Å². The van der Waals surface area contributed by atoms with Crippen LogP contribution in [0.4, 0.5) is 0 Å². The molecule has 1 aliphatic rings. The van der Waals surface area contributed by atoms with Crippen LogP contribution in [0.15, 0.2) is 24.3 Å². The van der Waals surface area contributed by atoms with Crippen LogP contribution in [0.1, 0.15) is 31.2 Å². The van der Waals surface area contributed by atoms with Gasteiger partial charge in [-0.2, -0.15) is 0 Å². The van der Waals surface area contributed by atoms with E-state index >= 15 is 0 Å². The van der Waals surface area contributed by atoms with Crippen LogP contribution in [0.3, 0.4) is 0 Å². The first-order chi connectivity index (χ1) is 8.69. The quantitative estimate of drug-likeness (QED) is 0.777. The summed E-state index contributed by atoms with van der Waals surface area (Å²) in [5.74, 6) is 0.0998. The van der Waals surface area contributed by atoms with Crippen molar-refractivity contribution >= 4 is 17.5 Å². The number of carbonyl (C=O) groups is 1. The van der Waals surface area contributed by atoms with E-state index in [0.29, 0.717) is 11.6 Å². The van der Waals surface area contributed by atoms with Gasteiger partial charge in [0.15, 0.2) is 0 Å². The number of benzene rings is 1. The van der Waals surface area contributed by atoms with Crippen molar-refractivity contribution < 1.29 is 9.90 Å². The molecule has 0 bridgehead atoms. The van der Waals surface area contributed by atoms with E-state index in [1.807, 2.05) is 24.3 Å². The Kier molecular flexibility index (Phi) is 4.25. The van der Waals surface area contributed by atoms with Crippen molar-refractivity contribution in [3.63, 3.8) is 0 Å². The van der Waals surface area contributed by atoms with Crippen LogP contribution in [0, 0.1) is 0 Å². The lowest BCUT2D eigenvalue weighted by Crippen LogP contribution is -2.35. The van der Waals surface area contributed by atoms with Gasteiger partial charge < -0.3 is 10.4 Å². The highest BCUT2D eigenvalue weighted by Crippen LogP contribution is 2.48. The van der Waals surface area contributed by atoms with Gasteiger partial charge in [0, 0.05) is 18.2 Å². The molecule has 0 aliphatic heterocycles. The number of rotatable bonds is 6. The van der Waals surface area contributed by atoms with Crippen molar-refractivity contribution in [3.05, 3.63) is 34.9 Å². The first-order valence-electron chi connectivity index (χ1n) is 6.34. The van der Waals surface area contributed by atoms with Gasteiger partial charge >= 0.3 is 0 Å². The second kappa shape index (κ2) is 5.72. The highest BCUT2D eigenvalue weighted by molar-refractivity contribution is 6.30. The number of halogens is 1. The molecule has 1 aliphatic carbocycles. The summed E-state index contributed by atoms with van der Waals surface area (Å²) in [6.45, 7) is 0.812. The number of aliphatic hydroxyl groups excluding tert-OH is 1. The van der Waals surface area contributed by atoms with E-state index in [9.17, 15) is 4.79 Å². The number of hydrogen-bond donors (Lipinski definition) is 2. The third-order valence-corrected chi connectivity index (χ3v) is 3.70. The van der Waals surface area contributed by atoms with E-state index in [1.54, 1.807) is 0 Å². The summed E-state index contributed by atoms with van der Waals surface area (Å²) in [6.07, 6.45) is 3.36. The van der Waals surface area contributed by atoms with Gasteiger partial charge in [-0.1, -0.05) is 23.7 Å². The highest BCUT2D eigenvalue weighted by Gasteiger charge is 2.50. The fourth-order valence-electron chi connectivity index (χ4n) is 2.15. The maximum atomic E-state index is 12.2. The van der Waals surface area contributed by atoms with Gasteiger partial charge in [0.25, 0.3) is 0 Å². The summed E-state index contributed by atoms with van der Waals surface area (Å²) in [5.41, 5.74) is 0.718. The third kappa shape index (κ3) is 2.85. The molecular formula is C14H18ClNO2. The maximum Gasteiger partial charge on any atom is 0.230 e. The van der Waals surface area contributed by atoms with Gasteiger partial charge in [-0.25, -0.2) is 0 Å². The van der Waals surface area contributed by atoms with Gasteiger partial charge in [0.1, 0.15) is 0 Å². The Bertz CT molecular complexity index is 412. The molecule has 98 valence electrons. The molecule has 1 fully saturated rings. The minimum Gasteiger partial charge on any atom is -0.396 e. The van der Waals surface area contributed by atoms with Gasteiger partial charge in [0.2, 0.25) is 5.91 Å². The molecule has 1 amide bonds. The monoisotopic (exact) mass is 267 g/mol. The van der Waals surface area contributed by atoms with Crippen LogP contribution < -0.4 is 5.32 Å². The molecule has 0 radical (unpaired) electrons. The van der Waals surface area contributed by atoms with Crippen molar-refractivity contribution in [2.24, 2.45) is 0 Å². The molecule has 2 rings (SSSR count). The smallest absolute Gasteiger partial charge is 0.230 e. The first-order valence-corrected chi connectivity index (χ1v) is 6.72. The highest BCUT2D eigenvalue weighted by atomic mass is 35.5. The number of carbonyl (C=O) groups excluding carboxylic acids is 1. The Morgan fingerprint density at radius 3 is 2.50 bits per heavy atom. The first kappa shape index (κ1) is 13.4. The Hall–Kier alpha value is -1.06. The predicted molar refractivity (Wildman–Crippen MR) is 71.7 cm³/mol. The average molecular weight is 268 g/mol. The molecule has 0 aromatic heterocycles. The van der Waals surface area contributed by atoms with Crippen LogP contribution in [0.2, 0.25) is 5.02 Å². The van der Waals surface area contributed by atoms with Gasteiger partial charge in [-0.15, -0.1) is 0 Å². The minimum atomic E-state index is -0.330. The lowest BCUT2D eigenvalue weighted by atomic mass is 9.95. The second-order valence-corrected chi connectivity index (χ2v) is 5.21. The Morgan fingerprint density at radius 1 is 1.28 bits per heavy atom. The summed E-state index contributed by atoms with van der Waals surface area (Å²) in [7, 11) is 0. The summed E-state index contributed by atoms with van der Waals surface area (Å²) in [4.78, 5) is 12.2. The lowest BCUT2D eigenvalue weighted by molar-refractivity contribution is -0.123. The van der Waals surface area contributed by atoms with E-state index < -0.39 is 0 Å². The van der Waals surface area contributed by atoms with Crippen LogP contribution in [0.25, 0.3) is 0 Å². The van der Waals surface area contributed by atoms with E-state index in [1.165, 1.54) is 0 Å². The predicted octanol–water partition coefficient (Wildman–Crippen LogP) is 2.26. The van der Waals surface area contributed by atoms with E-state index in [4.69, 9.17) is 16.7 Å². The zero-order valence-corrected chi connectivity index (χ0v) is 11.0. The molecule has 4 heteroatoms. The van der Waals surface area contributed by atoms with E-state index in [-0.39, 0.29) is 17.9 Å². The molecule has 2 N–H and O–H groups in total. The van der Waals surface area contributed by atoms with E-state index in [2.05, 4.69) is 5.32 Å². The summed E-state index contributed by atoms with van der Waals surface area (Å²) in [5, 5.41) is 12.3. The molecule has 0 atom stereocenters. The number of hydrogen-bond acceptors (Lipinski definition) is 2. The largest absolute Gasteiger partial charge is 0.396 e. The SMILES string of the molecule is O=C(NCCCCO)C1(c2ccc(Cl)cc2)CC1. The summed E-state index contributed by atoms with van der Waals surface area (Å²) >= 11 is 5.86. The molecule has 3 nitrogen and oxygen atoms in total. The van der Waals surface area contributed by atoms with Crippen molar-refractivity contribution in [2.75, 3.05) is 13.2 Å². The topological polar surface area (TPSA) is 49.3 Å². The third-order valence-electron chi connectivity index (χ3n) is 3.45. The van der Waals surface area contributed by atoms with E-state index in [0.717, 1.165) is 31.2 Å². The van der Waals surface area contributed by atoms with Gasteiger partial charge in [-0.05, 0) is 43.4 Å². The normalized spacial score (nSPS) is 16.3. The van der Waals surface area contributed by atoms with Crippen LogP contribution in [-0.2, 0) is 10.2 Å². The number of aliphatic hydroxyl groups is 1. The van der Waals surface area contributed by atoms with Gasteiger partial charge in [-0.3, -0.25) is 4.79 Å². The lowest BCUT2D eigenvalue weighted by Gasteiger charge is -2.15. The number of unbranched alkanes of at least 4 members (excludes halogenated alkanes) is 1. The van der Waals surface area contributed by atoms with Crippen molar-refractivity contribution in [2.45, 2.75) is 31.1 Å². The zero-order valence-electron chi connectivity index (χ0n) is 10.3. The van der Waals surface area contributed by atoms with Crippen LogP contribution in [-0.4, -0.2) is 24.2 Å².